The maximum Gasteiger partial charge on any atom is 0.125 e. The summed E-state index contributed by atoms with van der Waals surface area (Å²) >= 11 is 3.39. The molecular formula is C15H19BrFN. The number of aromatic amines is 1. The lowest BCUT2D eigenvalue weighted by molar-refractivity contribution is 0.627. The maximum atomic E-state index is 13.4. The van der Waals surface area contributed by atoms with Crippen LogP contribution in [0.4, 0.5) is 4.39 Å². The predicted molar refractivity (Wildman–Crippen MR) is 78.4 cm³/mol. The van der Waals surface area contributed by atoms with Gasteiger partial charge in [0.05, 0.1) is 5.52 Å². The summed E-state index contributed by atoms with van der Waals surface area (Å²) in [7, 11) is 0. The molecule has 0 amide bonds. The molecule has 0 aliphatic heterocycles. The van der Waals surface area contributed by atoms with Gasteiger partial charge in [0.25, 0.3) is 0 Å². The van der Waals surface area contributed by atoms with E-state index in [1.165, 1.54) is 43.7 Å². The van der Waals surface area contributed by atoms with Crippen LogP contribution >= 0.6 is 15.9 Å². The summed E-state index contributed by atoms with van der Waals surface area (Å²) < 4.78 is 14.2. The largest absolute Gasteiger partial charge is 0.360 e. The highest BCUT2D eigenvalue weighted by molar-refractivity contribution is 9.10. The van der Waals surface area contributed by atoms with Crippen molar-refractivity contribution in [2.24, 2.45) is 0 Å². The lowest BCUT2D eigenvalue weighted by atomic mass is 10.0. The molecule has 0 saturated heterocycles. The van der Waals surface area contributed by atoms with E-state index < -0.39 is 0 Å². The van der Waals surface area contributed by atoms with E-state index in [1.807, 2.05) is 6.20 Å². The number of halogens is 2. The van der Waals surface area contributed by atoms with Crippen LogP contribution in [0.25, 0.3) is 10.9 Å². The van der Waals surface area contributed by atoms with E-state index in [0.29, 0.717) is 0 Å². The van der Waals surface area contributed by atoms with E-state index in [1.54, 1.807) is 6.07 Å². The molecule has 0 saturated carbocycles. The van der Waals surface area contributed by atoms with Gasteiger partial charge in [-0.25, -0.2) is 4.39 Å². The molecule has 1 aromatic heterocycles. The van der Waals surface area contributed by atoms with Crippen LogP contribution in [0.2, 0.25) is 0 Å². The molecule has 0 bridgehead atoms. The highest BCUT2D eigenvalue weighted by Gasteiger charge is 2.08. The van der Waals surface area contributed by atoms with Crippen molar-refractivity contribution < 1.29 is 4.39 Å². The second-order valence-corrected chi connectivity index (χ2v) is 5.64. The third-order valence-corrected chi connectivity index (χ3v) is 3.97. The summed E-state index contributed by atoms with van der Waals surface area (Å²) in [6.07, 6.45) is 9.36. The van der Waals surface area contributed by atoms with Gasteiger partial charge >= 0.3 is 0 Å². The van der Waals surface area contributed by atoms with E-state index >= 15 is 0 Å². The minimum atomic E-state index is -0.179. The normalized spacial score (nSPS) is 11.3. The van der Waals surface area contributed by atoms with Crippen molar-refractivity contribution in [2.75, 3.05) is 0 Å². The topological polar surface area (TPSA) is 15.8 Å². The number of aryl methyl sites for hydroxylation is 1. The van der Waals surface area contributed by atoms with Crippen LogP contribution in [0.5, 0.6) is 0 Å². The minimum Gasteiger partial charge on any atom is -0.360 e. The Morgan fingerprint density at radius 1 is 1.17 bits per heavy atom. The Morgan fingerprint density at radius 3 is 2.72 bits per heavy atom. The van der Waals surface area contributed by atoms with Crippen molar-refractivity contribution in [2.45, 2.75) is 45.4 Å². The third kappa shape index (κ3) is 3.14. The van der Waals surface area contributed by atoms with Gasteiger partial charge in [-0.1, -0.05) is 32.6 Å². The average Bonchev–Trinajstić information content (AvgIpc) is 2.72. The summed E-state index contributed by atoms with van der Waals surface area (Å²) in [6, 6.07) is 3.13. The van der Waals surface area contributed by atoms with Gasteiger partial charge in [0.1, 0.15) is 5.82 Å². The highest BCUT2D eigenvalue weighted by atomic mass is 79.9. The van der Waals surface area contributed by atoms with E-state index in [2.05, 4.69) is 27.8 Å². The Hall–Kier alpha value is -0.830. The van der Waals surface area contributed by atoms with Gasteiger partial charge in [-0.15, -0.1) is 0 Å². The zero-order valence-electron chi connectivity index (χ0n) is 10.7. The zero-order valence-corrected chi connectivity index (χ0v) is 12.3. The number of hydrogen-bond acceptors (Lipinski definition) is 0. The number of aromatic nitrogens is 1. The molecule has 18 heavy (non-hydrogen) atoms. The van der Waals surface area contributed by atoms with Gasteiger partial charge in [0.15, 0.2) is 0 Å². The van der Waals surface area contributed by atoms with Crippen molar-refractivity contribution in [3.8, 4) is 0 Å². The number of rotatable bonds is 6. The Bertz CT molecular complexity index is 518. The highest BCUT2D eigenvalue weighted by Crippen LogP contribution is 2.28. The molecule has 3 heteroatoms. The second kappa shape index (κ2) is 6.37. The van der Waals surface area contributed by atoms with Crippen molar-refractivity contribution in [3.05, 3.63) is 34.2 Å². The monoisotopic (exact) mass is 311 g/mol. The number of H-pyrrole nitrogens is 1. The van der Waals surface area contributed by atoms with Crippen LogP contribution in [0.15, 0.2) is 22.8 Å². The van der Waals surface area contributed by atoms with E-state index in [-0.39, 0.29) is 5.82 Å². The van der Waals surface area contributed by atoms with Crippen molar-refractivity contribution in [3.63, 3.8) is 0 Å². The maximum absolute atomic E-state index is 13.4. The SMILES string of the molecule is CCCCCCCc1c[nH]c2c(Br)cc(F)cc12. The van der Waals surface area contributed by atoms with Gasteiger partial charge in [-0.05, 0) is 46.5 Å². The van der Waals surface area contributed by atoms with E-state index in [0.717, 1.165) is 21.8 Å². The molecule has 0 atom stereocenters. The fourth-order valence-corrected chi connectivity index (χ4v) is 2.88. The number of nitrogens with one attached hydrogen (secondary N) is 1. The van der Waals surface area contributed by atoms with Gasteiger partial charge < -0.3 is 4.98 Å². The Morgan fingerprint density at radius 2 is 1.94 bits per heavy atom. The van der Waals surface area contributed by atoms with Crippen molar-refractivity contribution in [1.29, 1.82) is 0 Å². The molecule has 1 heterocycles. The van der Waals surface area contributed by atoms with Crippen LogP contribution < -0.4 is 0 Å². The molecule has 0 fully saturated rings. The van der Waals surface area contributed by atoms with E-state index in [9.17, 15) is 4.39 Å². The lowest BCUT2D eigenvalue weighted by Gasteiger charge is -2.01. The smallest absolute Gasteiger partial charge is 0.125 e. The van der Waals surface area contributed by atoms with Gasteiger partial charge in [0, 0.05) is 16.1 Å². The molecule has 2 rings (SSSR count). The fraction of sp³-hybridized carbons (Fsp3) is 0.467. The number of fused-ring (bicyclic) bond motifs is 1. The van der Waals surface area contributed by atoms with Crippen LogP contribution in [-0.2, 0) is 6.42 Å². The first kappa shape index (κ1) is 13.6. The summed E-state index contributed by atoms with van der Waals surface area (Å²) in [5.41, 5.74) is 2.22. The second-order valence-electron chi connectivity index (χ2n) is 4.79. The Kier molecular flexibility index (Phi) is 4.81. The van der Waals surface area contributed by atoms with Crippen molar-refractivity contribution >= 4 is 26.8 Å². The first-order valence-corrected chi connectivity index (χ1v) is 7.46. The van der Waals surface area contributed by atoms with Gasteiger partial charge in [0.2, 0.25) is 0 Å². The third-order valence-electron chi connectivity index (χ3n) is 3.34. The quantitative estimate of drug-likeness (QED) is 0.670. The lowest BCUT2D eigenvalue weighted by Crippen LogP contribution is -1.85. The summed E-state index contributed by atoms with van der Waals surface area (Å²) in [4.78, 5) is 3.22. The fourth-order valence-electron chi connectivity index (χ4n) is 2.34. The molecule has 0 spiro atoms. The molecule has 0 unspecified atom stereocenters. The number of hydrogen-bond donors (Lipinski definition) is 1. The molecular weight excluding hydrogens is 293 g/mol. The molecule has 0 radical (unpaired) electrons. The standard InChI is InChI=1S/C15H19BrFN/c1-2-3-4-5-6-7-11-10-18-15-13(11)8-12(17)9-14(15)16/h8-10,18H,2-7H2,1H3. The average molecular weight is 312 g/mol. The van der Waals surface area contributed by atoms with Gasteiger partial charge in [-0.2, -0.15) is 0 Å². The molecule has 0 aliphatic carbocycles. The number of benzene rings is 1. The van der Waals surface area contributed by atoms with Gasteiger partial charge in [-0.3, -0.25) is 0 Å². The van der Waals surface area contributed by atoms with Crippen LogP contribution in [0.3, 0.4) is 0 Å². The molecule has 98 valence electrons. The summed E-state index contributed by atoms with van der Waals surface area (Å²) in [5.74, 6) is -0.179. The predicted octanol–water partition coefficient (Wildman–Crippen LogP) is 5.58. The number of unbranched alkanes of at least 4 members (excludes halogenated alkanes) is 4. The first-order valence-electron chi connectivity index (χ1n) is 6.67. The molecule has 2 aromatic rings. The molecule has 1 N–H and O–H groups in total. The van der Waals surface area contributed by atoms with E-state index in [4.69, 9.17) is 0 Å². The van der Waals surface area contributed by atoms with Crippen LogP contribution in [-0.4, -0.2) is 4.98 Å². The Balaban J connectivity index is 2.05. The molecule has 0 aliphatic rings. The minimum absolute atomic E-state index is 0.179. The Labute approximate surface area is 116 Å². The molecule has 1 aromatic carbocycles. The van der Waals surface area contributed by atoms with Crippen LogP contribution in [0.1, 0.15) is 44.6 Å². The zero-order chi connectivity index (χ0) is 13.0. The van der Waals surface area contributed by atoms with Crippen LogP contribution in [0, 0.1) is 5.82 Å². The summed E-state index contributed by atoms with van der Waals surface area (Å²) in [6.45, 7) is 2.22. The van der Waals surface area contributed by atoms with Crippen molar-refractivity contribution in [1.82, 2.24) is 4.98 Å². The first-order chi connectivity index (χ1) is 8.72. The summed E-state index contributed by atoms with van der Waals surface area (Å²) in [5, 5.41) is 1.01. The molecule has 1 nitrogen and oxygen atoms in total.